The van der Waals surface area contributed by atoms with Crippen molar-refractivity contribution in [1.29, 1.82) is 0 Å². The van der Waals surface area contributed by atoms with E-state index in [9.17, 15) is 31.1 Å². The number of alkyl halides is 3. The molecule has 0 spiro atoms. The van der Waals surface area contributed by atoms with Crippen LogP contribution in [0.15, 0.2) is 42.5 Å². The summed E-state index contributed by atoms with van der Waals surface area (Å²) in [7, 11) is 0. The SMILES string of the molecule is CCN(N)/C(=C\CC(F)(F)F)c1ccc(C(N)=O)cc1F.Cc1cccc(F)c1F. The lowest BCUT2D eigenvalue weighted by molar-refractivity contribution is -0.125. The smallest absolute Gasteiger partial charge is 0.366 e. The maximum absolute atomic E-state index is 14.0. The van der Waals surface area contributed by atoms with Crippen LogP contribution in [0, 0.1) is 24.4 Å². The maximum Gasteiger partial charge on any atom is 0.392 e. The van der Waals surface area contributed by atoms with Crippen molar-refractivity contribution < 1.29 is 31.1 Å². The van der Waals surface area contributed by atoms with Crippen LogP contribution in [0.1, 0.15) is 34.8 Å². The van der Waals surface area contributed by atoms with Gasteiger partial charge in [-0.1, -0.05) is 18.2 Å². The Morgan fingerprint density at radius 1 is 1.10 bits per heavy atom. The molecule has 0 heterocycles. The van der Waals surface area contributed by atoms with Gasteiger partial charge in [-0.3, -0.25) is 4.79 Å². The Bertz CT molecular complexity index is 892. The zero-order valence-corrected chi connectivity index (χ0v) is 16.2. The van der Waals surface area contributed by atoms with E-state index < -0.39 is 36.0 Å². The van der Waals surface area contributed by atoms with Crippen molar-refractivity contribution in [3.05, 3.63) is 76.6 Å². The van der Waals surface area contributed by atoms with Crippen molar-refractivity contribution in [3.63, 3.8) is 0 Å². The molecule has 164 valence electrons. The molecule has 2 aromatic rings. The van der Waals surface area contributed by atoms with E-state index in [0.717, 1.165) is 23.2 Å². The Morgan fingerprint density at radius 2 is 1.73 bits per heavy atom. The summed E-state index contributed by atoms with van der Waals surface area (Å²) in [5.74, 6) is 2.35. The number of halogens is 6. The Balaban J connectivity index is 0.000000414. The first kappa shape index (κ1) is 25.0. The monoisotopic (exact) mass is 433 g/mol. The molecule has 0 unspecified atom stereocenters. The average Bonchev–Trinajstić information content (AvgIpc) is 2.66. The number of aryl methyl sites for hydroxylation is 1. The predicted molar refractivity (Wildman–Crippen MR) is 101 cm³/mol. The molecule has 0 aliphatic heterocycles. The molecule has 1 amide bonds. The highest BCUT2D eigenvalue weighted by atomic mass is 19.4. The third kappa shape index (κ3) is 7.43. The van der Waals surface area contributed by atoms with Crippen LogP contribution < -0.4 is 11.6 Å². The summed E-state index contributed by atoms with van der Waals surface area (Å²) in [6, 6.07) is 7.37. The lowest BCUT2D eigenvalue weighted by Crippen LogP contribution is -2.29. The largest absolute Gasteiger partial charge is 0.392 e. The molecule has 2 aromatic carbocycles. The number of hydrogen-bond donors (Lipinski definition) is 2. The zero-order chi connectivity index (χ0) is 23.1. The van der Waals surface area contributed by atoms with Crippen LogP contribution in [0.4, 0.5) is 26.3 Å². The van der Waals surface area contributed by atoms with Crippen LogP contribution in [-0.2, 0) is 0 Å². The van der Waals surface area contributed by atoms with Crippen LogP contribution >= 0.6 is 0 Å². The first-order valence-electron chi connectivity index (χ1n) is 8.66. The van der Waals surface area contributed by atoms with Crippen molar-refractivity contribution in [2.45, 2.75) is 26.4 Å². The van der Waals surface area contributed by atoms with Gasteiger partial charge in [0.05, 0.1) is 12.1 Å². The lowest BCUT2D eigenvalue weighted by atomic mass is 10.1. The van der Waals surface area contributed by atoms with Crippen LogP contribution in [0.25, 0.3) is 5.70 Å². The van der Waals surface area contributed by atoms with Crippen molar-refractivity contribution >= 4 is 11.6 Å². The fourth-order valence-corrected chi connectivity index (χ4v) is 2.25. The number of nitrogens with two attached hydrogens (primary N) is 2. The molecule has 2 rings (SSSR count). The van der Waals surface area contributed by atoms with E-state index in [-0.39, 0.29) is 23.4 Å². The number of primary amides is 1. The topological polar surface area (TPSA) is 72.3 Å². The third-order valence-corrected chi connectivity index (χ3v) is 3.85. The van der Waals surface area contributed by atoms with Crippen LogP contribution in [-0.4, -0.2) is 23.6 Å². The molecule has 30 heavy (non-hydrogen) atoms. The molecule has 0 aliphatic carbocycles. The van der Waals surface area contributed by atoms with Gasteiger partial charge in [-0.2, -0.15) is 13.2 Å². The molecule has 0 atom stereocenters. The third-order valence-electron chi connectivity index (χ3n) is 3.85. The van der Waals surface area contributed by atoms with E-state index in [1.165, 1.54) is 31.2 Å². The second-order valence-electron chi connectivity index (χ2n) is 6.12. The number of nitrogens with zero attached hydrogens (tertiary/aromatic N) is 1. The van der Waals surface area contributed by atoms with Gasteiger partial charge >= 0.3 is 6.18 Å². The normalized spacial score (nSPS) is 11.6. The van der Waals surface area contributed by atoms with Gasteiger partial charge in [0.15, 0.2) is 11.6 Å². The van der Waals surface area contributed by atoms with Gasteiger partial charge in [-0.05, 0) is 43.7 Å². The summed E-state index contributed by atoms with van der Waals surface area (Å²) < 4.78 is 75.5. The summed E-state index contributed by atoms with van der Waals surface area (Å²) in [6.07, 6.45) is -4.87. The molecule has 0 fully saturated rings. The molecule has 0 bridgehead atoms. The number of benzene rings is 2. The van der Waals surface area contributed by atoms with Gasteiger partial charge in [0.25, 0.3) is 0 Å². The number of hydrogen-bond acceptors (Lipinski definition) is 3. The van der Waals surface area contributed by atoms with Gasteiger partial charge < -0.3 is 10.7 Å². The molecule has 0 radical (unpaired) electrons. The van der Waals surface area contributed by atoms with Crippen LogP contribution in [0.3, 0.4) is 0 Å². The van der Waals surface area contributed by atoms with E-state index in [1.54, 1.807) is 6.92 Å². The minimum atomic E-state index is -4.43. The Kier molecular flexibility index (Phi) is 8.91. The summed E-state index contributed by atoms with van der Waals surface area (Å²) >= 11 is 0. The van der Waals surface area contributed by atoms with E-state index in [2.05, 4.69) is 0 Å². The Hall–Kier alpha value is -3.01. The van der Waals surface area contributed by atoms with Gasteiger partial charge in [-0.15, -0.1) is 0 Å². The van der Waals surface area contributed by atoms with E-state index in [1.807, 2.05) is 0 Å². The summed E-state index contributed by atoms with van der Waals surface area (Å²) in [5.41, 5.74) is 5.03. The summed E-state index contributed by atoms with van der Waals surface area (Å²) in [5, 5.41) is 0.994. The molecule has 4 nitrogen and oxygen atoms in total. The molecule has 0 aliphatic rings. The number of hydrazine groups is 1. The highest BCUT2D eigenvalue weighted by Gasteiger charge is 2.26. The van der Waals surface area contributed by atoms with Crippen molar-refractivity contribution in [3.8, 4) is 0 Å². The van der Waals surface area contributed by atoms with Gasteiger partial charge in [-0.25, -0.2) is 19.0 Å². The van der Waals surface area contributed by atoms with E-state index in [4.69, 9.17) is 11.6 Å². The molecule has 0 saturated heterocycles. The number of allylic oxidation sites excluding steroid dienone is 1. The first-order chi connectivity index (χ1) is 13.9. The van der Waals surface area contributed by atoms with Crippen molar-refractivity contribution in [1.82, 2.24) is 5.01 Å². The molecule has 10 heteroatoms. The van der Waals surface area contributed by atoms with Crippen LogP contribution in [0.5, 0.6) is 0 Å². The standard InChI is InChI=1S/C13H15F4N3O.C7H6F2/c1-2-20(19)11(5-6-13(15,16)17)9-4-3-8(12(18)21)7-10(9)14;1-5-3-2-4-6(8)7(5)9/h3-5,7H,2,6,19H2,1H3,(H2,18,21);2-4H,1H3/b11-5-;. The van der Waals surface area contributed by atoms with E-state index >= 15 is 0 Å². The van der Waals surface area contributed by atoms with Crippen molar-refractivity contribution in [2.75, 3.05) is 6.54 Å². The van der Waals surface area contributed by atoms with Crippen LogP contribution in [0.2, 0.25) is 0 Å². The average molecular weight is 433 g/mol. The number of rotatable bonds is 5. The predicted octanol–water partition coefficient (Wildman–Crippen LogP) is 4.69. The first-order valence-corrected chi connectivity index (χ1v) is 8.66. The molecule has 0 saturated carbocycles. The van der Waals surface area contributed by atoms with Gasteiger partial charge in [0, 0.05) is 17.7 Å². The highest BCUT2D eigenvalue weighted by molar-refractivity contribution is 5.93. The Morgan fingerprint density at radius 3 is 2.17 bits per heavy atom. The molecular weight excluding hydrogens is 412 g/mol. The Labute approximate surface area is 169 Å². The maximum atomic E-state index is 14.0. The van der Waals surface area contributed by atoms with Crippen molar-refractivity contribution in [2.24, 2.45) is 11.6 Å². The number of carbonyl (C=O) groups is 1. The zero-order valence-electron chi connectivity index (χ0n) is 16.2. The number of carbonyl (C=O) groups excluding carboxylic acids is 1. The summed E-state index contributed by atoms with van der Waals surface area (Å²) in [6.45, 7) is 3.32. The molecular formula is C20H21F6N3O. The second kappa shape index (κ2) is 10.7. The fourth-order valence-electron chi connectivity index (χ4n) is 2.25. The van der Waals surface area contributed by atoms with Gasteiger partial charge in [0.1, 0.15) is 5.82 Å². The molecule has 4 N–H and O–H groups in total. The number of amides is 1. The minimum Gasteiger partial charge on any atom is -0.366 e. The lowest BCUT2D eigenvalue weighted by Gasteiger charge is -2.21. The quantitative estimate of drug-likeness (QED) is 0.408. The minimum absolute atomic E-state index is 0.0773. The molecule has 0 aromatic heterocycles. The highest BCUT2D eigenvalue weighted by Crippen LogP contribution is 2.26. The summed E-state index contributed by atoms with van der Waals surface area (Å²) in [4.78, 5) is 10.9. The van der Waals surface area contributed by atoms with Gasteiger partial charge in [0.2, 0.25) is 5.91 Å². The second-order valence-corrected chi connectivity index (χ2v) is 6.12. The van der Waals surface area contributed by atoms with E-state index in [0.29, 0.717) is 5.56 Å². The fraction of sp³-hybridized carbons (Fsp3) is 0.250.